The van der Waals surface area contributed by atoms with E-state index in [9.17, 15) is 32.7 Å². The molecule has 0 bridgehead atoms. The number of halogens is 3. The molecule has 5 unspecified atom stereocenters. The molecule has 1 aromatic rings. The number of carboxylic acids is 1. The molecule has 0 aliphatic carbocycles. The summed E-state index contributed by atoms with van der Waals surface area (Å²) in [5, 5.41) is 29.6. The van der Waals surface area contributed by atoms with E-state index in [1.54, 1.807) is 12.3 Å². The lowest BCUT2D eigenvalue weighted by atomic mass is 10.1. The molecule has 1 fully saturated rings. The number of carbonyl (C=O) groups is 2. The van der Waals surface area contributed by atoms with E-state index >= 15 is 0 Å². The van der Waals surface area contributed by atoms with Gasteiger partial charge in [-0.15, -0.1) is 0 Å². The van der Waals surface area contributed by atoms with Crippen molar-refractivity contribution >= 4 is 19.7 Å². The maximum atomic E-state index is 12.7. The number of aliphatic hydroxyl groups excluding tert-OH is 2. The predicted molar refractivity (Wildman–Crippen MR) is 142 cm³/mol. The average molecular weight is 647 g/mol. The first-order chi connectivity index (χ1) is 20.3. The quantitative estimate of drug-likeness (QED) is 0.113. The molecule has 1 aliphatic rings. The minimum absolute atomic E-state index is 0.108. The molecule has 2 rings (SSSR count). The predicted octanol–water partition coefficient (Wildman–Crippen LogP) is 1.94. The van der Waals surface area contributed by atoms with Gasteiger partial charge >= 0.3 is 14.0 Å². The van der Waals surface area contributed by atoms with Crippen LogP contribution in [0.5, 0.6) is 0 Å². The van der Waals surface area contributed by atoms with Gasteiger partial charge < -0.3 is 35.3 Å². The summed E-state index contributed by atoms with van der Waals surface area (Å²) in [4.78, 5) is 20.2. The zero-order valence-corrected chi connectivity index (χ0v) is 25.2. The Morgan fingerprint density at radius 1 is 1.05 bits per heavy atom. The Bertz CT molecular complexity index is 1020. The molecular formula is C26H42F3N2O11P. The first-order valence-corrected chi connectivity index (χ1v) is 15.3. The van der Waals surface area contributed by atoms with E-state index in [0.29, 0.717) is 19.6 Å². The zero-order chi connectivity index (χ0) is 32.5. The first-order valence-electron chi connectivity index (χ1n) is 13.9. The molecule has 1 amide bonds. The number of unbranched alkanes of at least 4 members (excludes halogenated alkanes) is 6. The van der Waals surface area contributed by atoms with E-state index < -0.39 is 50.4 Å². The monoisotopic (exact) mass is 646 g/mol. The largest absolute Gasteiger partial charge is 0.542 e. The number of hydrogen-bond acceptors (Lipinski definition) is 11. The summed E-state index contributed by atoms with van der Waals surface area (Å²) in [6.07, 6.45) is 2.18. The molecule has 0 spiro atoms. The third-order valence-electron chi connectivity index (χ3n) is 6.16. The third kappa shape index (κ3) is 14.9. The van der Waals surface area contributed by atoms with Crippen molar-refractivity contribution in [2.75, 3.05) is 33.5 Å². The first kappa shape index (κ1) is 38.9. The highest BCUT2D eigenvalue weighted by atomic mass is 31.2. The van der Waals surface area contributed by atoms with Crippen LogP contribution in [0.2, 0.25) is 0 Å². The fraction of sp³-hybridized carbons (Fsp3) is 0.731. The van der Waals surface area contributed by atoms with Crippen molar-refractivity contribution in [3.8, 4) is 0 Å². The summed E-state index contributed by atoms with van der Waals surface area (Å²) in [7, 11) is -2.69. The van der Waals surface area contributed by atoms with Gasteiger partial charge in [-0.25, -0.2) is 4.57 Å². The van der Waals surface area contributed by atoms with Crippen LogP contribution in [0.3, 0.4) is 0 Å². The molecule has 0 aromatic carbocycles. The van der Waals surface area contributed by atoms with Gasteiger partial charge in [-0.1, -0.05) is 45.4 Å². The minimum atomic E-state index is -5.19. The van der Waals surface area contributed by atoms with Crippen molar-refractivity contribution in [1.29, 1.82) is 0 Å². The van der Waals surface area contributed by atoms with Gasteiger partial charge in [0.15, 0.2) is 18.5 Å². The minimum Gasteiger partial charge on any atom is -0.542 e. The van der Waals surface area contributed by atoms with Crippen molar-refractivity contribution in [2.45, 2.75) is 89.0 Å². The number of pyridine rings is 1. The van der Waals surface area contributed by atoms with Crippen LogP contribution in [0, 0.1) is 0 Å². The van der Waals surface area contributed by atoms with Gasteiger partial charge in [-0.05, 0) is 18.9 Å². The van der Waals surface area contributed by atoms with Gasteiger partial charge in [0.2, 0.25) is 0 Å². The Balaban J connectivity index is 0.00000117. The van der Waals surface area contributed by atoms with E-state index in [4.69, 9.17) is 38.7 Å². The molecule has 17 heteroatoms. The molecule has 0 radical (unpaired) electrons. The van der Waals surface area contributed by atoms with E-state index in [1.807, 2.05) is 0 Å². The van der Waals surface area contributed by atoms with Gasteiger partial charge in [-0.3, -0.25) is 18.4 Å². The topological polar surface area (TPSA) is 191 Å². The number of amides is 1. The van der Waals surface area contributed by atoms with Crippen molar-refractivity contribution < 1.29 is 70.3 Å². The number of phosphoric ester groups is 1. The summed E-state index contributed by atoms with van der Waals surface area (Å²) < 4.78 is 72.5. The molecule has 13 nitrogen and oxygen atoms in total. The lowest BCUT2D eigenvalue weighted by Crippen LogP contribution is -2.46. The fourth-order valence-electron chi connectivity index (χ4n) is 3.82. The van der Waals surface area contributed by atoms with Crippen LogP contribution >= 0.6 is 7.82 Å². The number of carboxylic acid groups (broad SMARTS) is 1. The molecule has 43 heavy (non-hydrogen) atoms. The number of phosphoric acid groups is 1. The van der Waals surface area contributed by atoms with Gasteiger partial charge in [0.1, 0.15) is 23.7 Å². The number of aliphatic carboxylic acids is 1. The maximum Gasteiger partial charge on any atom is 0.474 e. The maximum absolute atomic E-state index is 12.7. The van der Waals surface area contributed by atoms with E-state index in [-0.39, 0.29) is 18.8 Å². The van der Waals surface area contributed by atoms with Crippen molar-refractivity contribution in [3.05, 3.63) is 30.1 Å². The second-order valence-corrected chi connectivity index (χ2v) is 11.4. The molecule has 248 valence electrons. The van der Waals surface area contributed by atoms with Crippen LogP contribution < -0.4 is 15.4 Å². The smallest absolute Gasteiger partial charge is 0.474 e. The van der Waals surface area contributed by atoms with Crippen LogP contribution in [0.15, 0.2) is 24.5 Å². The number of aliphatic hydroxyl groups is 2. The summed E-state index contributed by atoms with van der Waals surface area (Å²) >= 11 is 0. The summed E-state index contributed by atoms with van der Waals surface area (Å²) in [5.41, 5.74) is 5.51. The van der Waals surface area contributed by atoms with Crippen LogP contribution in [-0.2, 0) is 32.4 Å². The fourth-order valence-corrected chi connectivity index (χ4v) is 4.79. The Hall–Kier alpha value is -2.17. The second-order valence-electron chi connectivity index (χ2n) is 9.58. The van der Waals surface area contributed by atoms with E-state index in [1.165, 1.54) is 56.0 Å². The number of nitrogens with two attached hydrogens (primary N) is 1. The van der Waals surface area contributed by atoms with Gasteiger partial charge in [-0.2, -0.15) is 17.7 Å². The van der Waals surface area contributed by atoms with Crippen LogP contribution in [0.4, 0.5) is 13.2 Å². The highest BCUT2D eigenvalue weighted by Gasteiger charge is 2.49. The number of aromatic nitrogens is 1. The standard InChI is InChI=1S/C24H41N2O9P.C2HF3O2/c1-3-4-5-6-7-8-9-14-32-15-11-16-33-36(30,31-2)34-18-20-21(27)22(28)24(35-20)26-13-10-12-19(17-26)23(25)29;3-2(4,5)1(6)7/h10,12-13,17,20-22,24,27-28H,3-9,11,14-16,18H2,1-2H3,(H-,25,29);(H,6,7). The Labute approximate surface area is 248 Å². The second kappa shape index (κ2) is 20.0. The number of carbonyl (C=O) groups excluding carboxylic acids is 2. The van der Waals surface area contributed by atoms with E-state index in [0.717, 1.165) is 12.8 Å². The van der Waals surface area contributed by atoms with Crippen LogP contribution in [-0.4, -0.2) is 80.1 Å². The van der Waals surface area contributed by atoms with E-state index in [2.05, 4.69) is 6.92 Å². The zero-order valence-electron chi connectivity index (χ0n) is 24.3. The van der Waals surface area contributed by atoms with Crippen molar-refractivity contribution in [3.63, 3.8) is 0 Å². The third-order valence-corrected chi connectivity index (χ3v) is 7.58. The highest BCUT2D eigenvalue weighted by Crippen LogP contribution is 2.49. The number of alkyl halides is 3. The number of ether oxygens (including phenoxy) is 2. The van der Waals surface area contributed by atoms with Crippen molar-refractivity contribution in [1.82, 2.24) is 0 Å². The van der Waals surface area contributed by atoms with Crippen LogP contribution in [0.1, 0.15) is 74.9 Å². The molecule has 5 atom stereocenters. The number of primary amides is 1. The normalized spacial score (nSPS) is 21.6. The van der Waals surface area contributed by atoms with Gasteiger partial charge in [0.05, 0.1) is 13.2 Å². The molecule has 1 saturated heterocycles. The summed E-state index contributed by atoms with van der Waals surface area (Å²) in [6.45, 7) is 3.13. The average Bonchev–Trinajstić information content (AvgIpc) is 3.25. The van der Waals surface area contributed by atoms with Gasteiger partial charge in [0.25, 0.3) is 12.1 Å². The molecule has 1 aromatic heterocycles. The van der Waals surface area contributed by atoms with Crippen molar-refractivity contribution in [2.24, 2.45) is 5.73 Å². The molecule has 0 saturated carbocycles. The van der Waals surface area contributed by atoms with Crippen LogP contribution in [0.25, 0.3) is 0 Å². The Morgan fingerprint density at radius 3 is 2.23 bits per heavy atom. The Kier molecular flexibility index (Phi) is 18.1. The molecule has 4 N–H and O–H groups in total. The number of rotatable bonds is 19. The summed E-state index contributed by atoms with van der Waals surface area (Å²) in [6, 6.07) is 3.09. The van der Waals surface area contributed by atoms with Gasteiger partial charge in [0, 0.05) is 26.4 Å². The molecular weight excluding hydrogens is 604 g/mol. The number of hydrogen-bond donors (Lipinski definition) is 3. The lowest BCUT2D eigenvalue weighted by Gasteiger charge is -2.19. The SMILES string of the molecule is CCCCCCCCCOCCCOP(=O)(OC)OCC1OC([n+]2cccc(C(N)=O)c2)C(O)C1O.O=C([O-])C(F)(F)F. The highest BCUT2D eigenvalue weighted by molar-refractivity contribution is 7.48. The molecule has 2 heterocycles. The lowest BCUT2D eigenvalue weighted by molar-refractivity contribution is -0.765. The summed E-state index contributed by atoms with van der Waals surface area (Å²) in [5.74, 6) is -3.65. The Morgan fingerprint density at radius 2 is 1.65 bits per heavy atom. The molecule has 1 aliphatic heterocycles. The number of nitrogens with zero attached hydrogens (tertiary/aromatic N) is 1.